The molecule has 0 saturated carbocycles. The minimum Gasteiger partial charge on any atom is -0.481 e. The third-order valence-corrected chi connectivity index (χ3v) is 2.41. The first-order chi connectivity index (χ1) is 8.33. The van der Waals surface area contributed by atoms with Gasteiger partial charge in [0.1, 0.15) is 5.82 Å². The number of rotatable bonds is 6. The Hall–Kier alpha value is -1.62. The highest BCUT2D eigenvalue weighted by Crippen LogP contribution is 2.14. The quantitative estimate of drug-likeness (QED) is 0.777. The van der Waals surface area contributed by atoms with Gasteiger partial charge in [-0.3, -0.25) is 0 Å². The highest BCUT2D eigenvalue weighted by atomic mass is 16.5. The van der Waals surface area contributed by atoms with Crippen LogP contribution < -0.4 is 4.74 Å². The Morgan fingerprint density at radius 3 is 2.88 bits per heavy atom. The summed E-state index contributed by atoms with van der Waals surface area (Å²) in [5, 5.41) is 0. The molecule has 2 rings (SSSR count). The Balaban J connectivity index is 2.04. The lowest BCUT2D eigenvalue weighted by Gasteiger charge is -1.98. The summed E-state index contributed by atoms with van der Waals surface area (Å²) in [6.07, 6.45) is 1.82. The van der Waals surface area contributed by atoms with Gasteiger partial charge in [0.2, 0.25) is 5.88 Å². The third-order valence-electron chi connectivity index (χ3n) is 2.41. The highest BCUT2D eigenvalue weighted by molar-refractivity contribution is 5.71. The predicted molar refractivity (Wildman–Crippen MR) is 65.3 cm³/mol. The molecular formula is C12H17N3O2. The van der Waals surface area contributed by atoms with E-state index in [1.54, 1.807) is 7.11 Å². The maximum atomic E-state index is 5.42. The van der Waals surface area contributed by atoms with Gasteiger partial charge < -0.3 is 14.5 Å². The zero-order chi connectivity index (χ0) is 12.1. The van der Waals surface area contributed by atoms with E-state index in [9.17, 15) is 0 Å². The molecule has 0 aromatic carbocycles. The van der Waals surface area contributed by atoms with Crippen molar-refractivity contribution in [1.82, 2.24) is 15.0 Å². The second-order valence-corrected chi connectivity index (χ2v) is 3.77. The molecule has 0 spiro atoms. The molecule has 1 N–H and O–H groups in total. The minimum absolute atomic E-state index is 0.581. The van der Waals surface area contributed by atoms with Gasteiger partial charge in [0, 0.05) is 19.1 Å². The molecule has 0 aliphatic heterocycles. The average molecular weight is 235 g/mol. The molecule has 5 nitrogen and oxygen atoms in total. The van der Waals surface area contributed by atoms with Crippen LogP contribution in [-0.2, 0) is 11.2 Å². The molecule has 0 fully saturated rings. The van der Waals surface area contributed by atoms with Crippen molar-refractivity contribution in [1.29, 1.82) is 0 Å². The number of methoxy groups -OCH3 is 1. The van der Waals surface area contributed by atoms with Gasteiger partial charge in [0.25, 0.3) is 0 Å². The largest absolute Gasteiger partial charge is 0.481 e. The van der Waals surface area contributed by atoms with Crippen LogP contribution in [-0.4, -0.2) is 35.3 Å². The van der Waals surface area contributed by atoms with Gasteiger partial charge in [-0.1, -0.05) is 6.92 Å². The molecule has 0 atom stereocenters. The third kappa shape index (κ3) is 2.94. The topological polar surface area (TPSA) is 60.0 Å². The van der Waals surface area contributed by atoms with Crippen LogP contribution in [0.1, 0.15) is 19.2 Å². The summed E-state index contributed by atoms with van der Waals surface area (Å²) >= 11 is 0. The van der Waals surface area contributed by atoms with Crippen LogP contribution in [0, 0.1) is 0 Å². The van der Waals surface area contributed by atoms with Gasteiger partial charge in [-0.05, 0) is 12.5 Å². The number of nitrogens with zero attached hydrogens (tertiary/aromatic N) is 2. The first-order valence-electron chi connectivity index (χ1n) is 5.81. The fourth-order valence-corrected chi connectivity index (χ4v) is 1.57. The normalized spacial score (nSPS) is 10.9. The van der Waals surface area contributed by atoms with Crippen molar-refractivity contribution < 1.29 is 9.47 Å². The number of ether oxygens (including phenoxy) is 2. The molecule has 0 radical (unpaired) electrons. The number of aromatic nitrogens is 3. The monoisotopic (exact) mass is 235 g/mol. The van der Waals surface area contributed by atoms with E-state index in [4.69, 9.17) is 9.47 Å². The van der Waals surface area contributed by atoms with E-state index >= 15 is 0 Å². The summed E-state index contributed by atoms with van der Waals surface area (Å²) in [6, 6.07) is 3.74. The lowest BCUT2D eigenvalue weighted by Crippen LogP contribution is -2.00. The van der Waals surface area contributed by atoms with E-state index in [2.05, 4.69) is 21.9 Å². The van der Waals surface area contributed by atoms with Gasteiger partial charge in [-0.25, -0.2) is 4.98 Å². The van der Waals surface area contributed by atoms with Crippen molar-refractivity contribution in [2.24, 2.45) is 0 Å². The lowest BCUT2D eigenvalue weighted by atomic mass is 10.4. The molecule has 2 aromatic heterocycles. The van der Waals surface area contributed by atoms with Crippen LogP contribution in [0.4, 0.5) is 0 Å². The Labute approximate surface area is 100 Å². The van der Waals surface area contributed by atoms with E-state index < -0.39 is 0 Å². The number of nitrogens with one attached hydrogen (secondary N) is 1. The average Bonchev–Trinajstić information content (AvgIpc) is 2.76. The Morgan fingerprint density at radius 1 is 1.24 bits per heavy atom. The smallest absolute Gasteiger partial charge is 0.215 e. The zero-order valence-electron chi connectivity index (χ0n) is 10.2. The maximum absolute atomic E-state index is 5.42. The molecule has 17 heavy (non-hydrogen) atoms. The van der Waals surface area contributed by atoms with Crippen LogP contribution in [0.15, 0.2) is 12.1 Å². The predicted octanol–water partition coefficient (Wildman–Crippen LogP) is 1.94. The van der Waals surface area contributed by atoms with Crippen LogP contribution in [0.3, 0.4) is 0 Å². The van der Waals surface area contributed by atoms with E-state index in [-0.39, 0.29) is 0 Å². The molecule has 0 unspecified atom stereocenters. The van der Waals surface area contributed by atoms with Crippen molar-refractivity contribution in [2.45, 2.75) is 19.8 Å². The molecule has 2 heterocycles. The zero-order valence-corrected chi connectivity index (χ0v) is 10.2. The summed E-state index contributed by atoms with van der Waals surface area (Å²) < 4.78 is 10.5. The summed E-state index contributed by atoms with van der Waals surface area (Å²) in [7, 11) is 1.60. The molecule has 0 saturated heterocycles. The highest BCUT2D eigenvalue weighted by Gasteiger charge is 2.05. The van der Waals surface area contributed by atoms with Crippen LogP contribution in [0.25, 0.3) is 11.2 Å². The number of hydrogen-bond donors (Lipinski definition) is 1. The van der Waals surface area contributed by atoms with Crippen molar-refractivity contribution in [2.75, 3.05) is 20.3 Å². The summed E-state index contributed by atoms with van der Waals surface area (Å²) in [5.74, 6) is 1.48. The van der Waals surface area contributed by atoms with E-state index in [0.717, 1.165) is 30.8 Å². The van der Waals surface area contributed by atoms with Crippen molar-refractivity contribution in [3.05, 3.63) is 18.0 Å². The van der Waals surface area contributed by atoms with E-state index in [1.807, 2.05) is 12.1 Å². The number of H-pyrrole nitrogens is 1. The molecule has 0 bridgehead atoms. The van der Waals surface area contributed by atoms with E-state index in [1.165, 1.54) is 0 Å². The molecule has 0 aliphatic rings. The lowest BCUT2D eigenvalue weighted by molar-refractivity contribution is 0.137. The summed E-state index contributed by atoms with van der Waals surface area (Å²) in [5.41, 5.74) is 1.62. The first kappa shape index (κ1) is 11.9. The van der Waals surface area contributed by atoms with E-state index in [0.29, 0.717) is 18.1 Å². The molecule has 5 heteroatoms. The van der Waals surface area contributed by atoms with Crippen LogP contribution in [0.5, 0.6) is 5.88 Å². The SMILES string of the molecule is CCCOCCc1nc2nc(OC)ccc2[nH]1. The number of fused-ring (bicyclic) bond motifs is 1. The molecule has 2 aromatic rings. The van der Waals surface area contributed by atoms with Gasteiger partial charge in [-0.15, -0.1) is 0 Å². The minimum atomic E-state index is 0.581. The number of aromatic amines is 1. The Bertz CT molecular complexity index is 482. The van der Waals surface area contributed by atoms with Crippen molar-refractivity contribution >= 4 is 11.2 Å². The molecule has 0 amide bonds. The molecule has 92 valence electrons. The Kier molecular flexibility index (Phi) is 3.93. The molecule has 0 aliphatic carbocycles. The number of pyridine rings is 1. The number of imidazole rings is 1. The summed E-state index contributed by atoms with van der Waals surface area (Å²) in [4.78, 5) is 11.9. The van der Waals surface area contributed by atoms with Crippen molar-refractivity contribution in [3.63, 3.8) is 0 Å². The molecular weight excluding hydrogens is 218 g/mol. The second-order valence-electron chi connectivity index (χ2n) is 3.77. The van der Waals surface area contributed by atoms with Crippen LogP contribution in [0.2, 0.25) is 0 Å². The van der Waals surface area contributed by atoms with Gasteiger partial charge >= 0.3 is 0 Å². The maximum Gasteiger partial charge on any atom is 0.215 e. The van der Waals surface area contributed by atoms with Crippen LogP contribution >= 0.6 is 0 Å². The first-order valence-corrected chi connectivity index (χ1v) is 5.81. The standard InChI is InChI=1S/C12H17N3O2/c1-3-7-17-8-6-10-13-9-4-5-11(16-2)15-12(9)14-10/h4-5H,3,6-8H2,1-2H3,(H,13,14,15). The fraction of sp³-hybridized carbons (Fsp3) is 0.500. The Morgan fingerprint density at radius 2 is 2.12 bits per heavy atom. The van der Waals surface area contributed by atoms with Gasteiger partial charge in [0.05, 0.1) is 19.2 Å². The van der Waals surface area contributed by atoms with Gasteiger partial charge in [-0.2, -0.15) is 4.98 Å². The van der Waals surface area contributed by atoms with Crippen molar-refractivity contribution in [3.8, 4) is 5.88 Å². The summed E-state index contributed by atoms with van der Waals surface area (Å²) in [6.45, 7) is 3.58. The van der Waals surface area contributed by atoms with Gasteiger partial charge in [0.15, 0.2) is 5.65 Å². The number of hydrogen-bond acceptors (Lipinski definition) is 4. The fourth-order valence-electron chi connectivity index (χ4n) is 1.57. The second kappa shape index (κ2) is 5.63.